The second-order valence-corrected chi connectivity index (χ2v) is 10.8. The van der Waals surface area contributed by atoms with E-state index in [0.29, 0.717) is 28.8 Å². The van der Waals surface area contributed by atoms with E-state index < -0.39 is 6.04 Å². The Morgan fingerprint density at radius 3 is 2.56 bits per heavy atom. The van der Waals surface area contributed by atoms with E-state index in [1.807, 2.05) is 38.1 Å². The zero-order valence-corrected chi connectivity index (χ0v) is 22.3. The minimum Gasteiger partial charge on any atom is -0.352 e. The van der Waals surface area contributed by atoms with Gasteiger partial charge in [0.25, 0.3) is 0 Å². The molecule has 2 aromatic rings. The molecule has 7 heteroatoms. The normalized spacial score (nSPS) is 15.1. The van der Waals surface area contributed by atoms with E-state index in [0.717, 1.165) is 42.4 Å². The molecule has 1 aliphatic carbocycles. The summed E-state index contributed by atoms with van der Waals surface area (Å²) in [4.78, 5) is 28.5. The van der Waals surface area contributed by atoms with Gasteiger partial charge in [0.15, 0.2) is 0 Å². The Hall–Kier alpha value is -1.69. The zero-order valence-electron chi connectivity index (χ0n) is 20.0. The number of hydrogen-bond donors (Lipinski definition) is 1. The van der Waals surface area contributed by atoms with Gasteiger partial charge in [0.05, 0.1) is 5.75 Å². The molecular weight excluding hydrogens is 487 g/mol. The fraction of sp³-hybridized carbons (Fsp3) is 0.481. The van der Waals surface area contributed by atoms with Gasteiger partial charge < -0.3 is 10.2 Å². The average Bonchev–Trinajstić information content (AvgIpc) is 2.81. The van der Waals surface area contributed by atoms with E-state index in [2.05, 4.69) is 11.4 Å². The zero-order chi connectivity index (χ0) is 24.5. The lowest BCUT2D eigenvalue weighted by atomic mass is 9.95. The maximum Gasteiger partial charge on any atom is 0.243 e. The van der Waals surface area contributed by atoms with Crippen LogP contribution in [0.4, 0.5) is 0 Å². The quantitative estimate of drug-likeness (QED) is 0.375. The number of carbonyl (C=O) groups is 2. The second kappa shape index (κ2) is 13.4. The van der Waals surface area contributed by atoms with Gasteiger partial charge in [-0.25, -0.2) is 0 Å². The molecule has 0 radical (unpaired) electrons. The second-order valence-electron chi connectivity index (χ2n) is 9.01. The summed E-state index contributed by atoms with van der Waals surface area (Å²) in [7, 11) is 0. The summed E-state index contributed by atoms with van der Waals surface area (Å²) in [6, 6.07) is 13.3. The van der Waals surface area contributed by atoms with Crippen molar-refractivity contribution in [1.29, 1.82) is 0 Å². The first-order valence-corrected chi connectivity index (χ1v) is 14.0. The molecule has 0 heterocycles. The van der Waals surface area contributed by atoms with Crippen molar-refractivity contribution in [3.8, 4) is 0 Å². The molecule has 1 fully saturated rings. The van der Waals surface area contributed by atoms with Crippen LogP contribution in [-0.2, 0) is 21.9 Å². The van der Waals surface area contributed by atoms with Gasteiger partial charge in [-0.1, -0.05) is 85.3 Å². The SMILES string of the molecule is CC[C@@H](C(=O)NC1CCCCC1)N(Cc1cccc(C)c1)C(=O)CSCc1ccc(Cl)cc1Cl. The van der Waals surface area contributed by atoms with Crippen LogP contribution in [0.25, 0.3) is 0 Å². The molecule has 0 unspecified atom stereocenters. The monoisotopic (exact) mass is 520 g/mol. The van der Waals surface area contributed by atoms with Crippen LogP contribution in [0.5, 0.6) is 0 Å². The van der Waals surface area contributed by atoms with Crippen molar-refractivity contribution in [3.05, 3.63) is 69.2 Å². The van der Waals surface area contributed by atoms with Crippen LogP contribution in [0, 0.1) is 6.92 Å². The molecule has 34 heavy (non-hydrogen) atoms. The van der Waals surface area contributed by atoms with E-state index in [1.54, 1.807) is 17.0 Å². The number of rotatable bonds is 10. The lowest BCUT2D eigenvalue weighted by molar-refractivity contribution is -0.139. The number of aryl methyl sites for hydroxylation is 1. The lowest BCUT2D eigenvalue weighted by Crippen LogP contribution is -2.52. The molecule has 0 aromatic heterocycles. The van der Waals surface area contributed by atoms with Crippen molar-refractivity contribution >= 4 is 46.8 Å². The van der Waals surface area contributed by atoms with E-state index in [9.17, 15) is 9.59 Å². The topological polar surface area (TPSA) is 49.4 Å². The smallest absolute Gasteiger partial charge is 0.243 e. The average molecular weight is 522 g/mol. The predicted octanol–water partition coefficient (Wildman–Crippen LogP) is 6.79. The van der Waals surface area contributed by atoms with Crippen molar-refractivity contribution in [2.45, 2.75) is 76.8 Å². The third-order valence-electron chi connectivity index (χ3n) is 6.27. The van der Waals surface area contributed by atoms with Gasteiger partial charge in [0, 0.05) is 28.4 Å². The highest BCUT2D eigenvalue weighted by molar-refractivity contribution is 7.99. The van der Waals surface area contributed by atoms with Crippen LogP contribution in [0.1, 0.15) is 62.1 Å². The molecule has 0 aliphatic heterocycles. The molecule has 0 saturated heterocycles. The Balaban J connectivity index is 1.71. The van der Waals surface area contributed by atoms with Crippen LogP contribution in [0.3, 0.4) is 0 Å². The maximum atomic E-state index is 13.4. The lowest BCUT2D eigenvalue weighted by Gasteiger charge is -2.33. The standard InChI is InChI=1S/C27H34Cl2N2O2S/c1-3-25(27(33)30-23-10-5-4-6-11-23)31(16-20-9-7-8-19(2)14-20)26(32)18-34-17-21-12-13-22(28)15-24(21)29/h7-9,12-15,23,25H,3-6,10-11,16-18H2,1-2H3,(H,30,33)/t25-/m0/s1. The van der Waals surface area contributed by atoms with Gasteiger partial charge in [0.2, 0.25) is 11.8 Å². The third-order valence-corrected chi connectivity index (χ3v) is 7.82. The Bertz CT molecular complexity index is 979. The van der Waals surface area contributed by atoms with Gasteiger partial charge in [-0.2, -0.15) is 0 Å². The van der Waals surface area contributed by atoms with Crippen LogP contribution in [0.2, 0.25) is 10.0 Å². The maximum absolute atomic E-state index is 13.4. The van der Waals surface area contributed by atoms with Crippen molar-refractivity contribution < 1.29 is 9.59 Å². The number of thioether (sulfide) groups is 1. The summed E-state index contributed by atoms with van der Waals surface area (Å²) in [5.41, 5.74) is 3.11. The molecule has 4 nitrogen and oxygen atoms in total. The summed E-state index contributed by atoms with van der Waals surface area (Å²) in [6.45, 7) is 4.43. The summed E-state index contributed by atoms with van der Waals surface area (Å²) in [6.07, 6.45) is 6.15. The number of benzene rings is 2. The van der Waals surface area contributed by atoms with Crippen molar-refractivity contribution in [3.63, 3.8) is 0 Å². The molecule has 3 rings (SSSR count). The molecule has 1 atom stereocenters. The highest BCUT2D eigenvalue weighted by Crippen LogP contribution is 2.25. The first-order chi connectivity index (χ1) is 16.4. The number of nitrogens with zero attached hydrogens (tertiary/aromatic N) is 1. The van der Waals surface area contributed by atoms with Gasteiger partial charge in [-0.15, -0.1) is 11.8 Å². The Labute approximate surface area is 217 Å². The van der Waals surface area contributed by atoms with Crippen LogP contribution in [-0.4, -0.2) is 34.6 Å². The van der Waals surface area contributed by atoms with Crippen LogP contribution in [0.15, 0.2) is 42.5 Å². The first-order valence-electron chi connectivity index (χ1n) is 12.0. The highest BCUT2D eigenvalue weighted by atomic mass is 35.5. The van der Waals surface area contributed by atoms with E-state index in [-0.39, 0.29) is 23.6 Å². The summed E-state index contributed by atoms with van der Waals surface area (Å²) >= 11 is 13.8. The Morgan fingerprint density at radius 1 is 1.12 bits per heavy atom. The minimum absolute atomic E-state index is 0.0396. The molecular formula is C27H34Cl2N2O2S. The van der Waals surface area contributed by atoms with Crippen LogP contribution >= 0.6 is 35.0 Å². The number of carbonyl (C=O) groups excluding carboxylic acids is 2. The number of amides is 2. The van der Waals surface area contributed by atoms with Gasteiger partial charge in [0.1, 0.15) is 6.04 Å². The van der Waals surface area contributed by atoms with E-state index >= 15 is 0 Å². The minimum atomic E-state index is -0.491. The van der Waals surface area contributed by atoms with Crippen molar-refractivity contribution in [2.75, 3.05) is 5.75 Å². The fourth-order valence-corrected chi connectivity index (χ4v) is 5.91. The van der Waals surface area contributed by atoms with Crippen molar-refractivity contribution in [1.82, 2.24) is 10.2 Å². The number of hydrogen-bond acceptors (Lipinski definition) is 3. The molecule has 0 spiro atoms. The molecule has 1 saturated carbocycles. The van der Waals surface area contributed by atoms with Gasteiger partial charge in [-0.05, 0) is 49.4 Å². The summed E-state index contributed by atoms with van der Waals surface area (Å²) < 4.78 is 0. The predicted molar refractivity (Wildman–Crippen MR) is 143 cm³/mol. The Morgan fingerprint density at radius 2 is 1.88 bits per heavy atom. The number of nitrogens with one attached hydrogen (secondary N) is 1. The summed E-state index contributed by atoms with van der Waals surface area (Å²) in [5.74, 6) is 0.798. The Kier molecular flexibility index (Phi) is 10.6. The van der Waals surface area contributed by atoms with Gasteiger partial charge in [-0.3, -0.25) is 9.59 Å². The molecule has 2 aromatic carbocycles. The fourth-order valence-electron chi connectivity index (χ4n) is 4.44. The largest absolute Gasteiger partial charge is 0.352 e. The molecule has 184 valence electrons. The molecule has 1 aliphatic rings. The van der Waals surface area contributed by atoms with Gasteiger partial charge >= 0.3 is 0 Å². The summed E-state index contributed by atoms with van der Waals surface area (Å²) in [5, 5.41) is 4.42. The molecule has 0 bridgehead atoms. The first kappa shape index (κ1) is 26.9. The van der Waals surface area contributed by atoms with E-state index in [4.69, 9.17) is 23.2 Å². The highest BCUT2D eigenvalue weighted by Gasteiger charge is 2.30. The third kappa shape index (κ3) is 7.93. The van der Waals surface area contributed by atoms with Crippen molar-refractivity contribution in [2.24, 2.45) is 0 Å². The number of halogens is 2. The molecule has 1 N–H and O–H groups in total. The molecule has 2 amide bonds. The van der Waals surface area contributed by atoms with E-state index in [1.165, 1.54) is 18.2 Å². The van der Waals surface area contributed by atoms with Crippen LogP contribution < -0.4 is 5.32 Å².